The zero-order chi connectivity index (χ0) is 13.8. The molecule has 0 aliphatic carbocycles. The van der Waals surface area contributed by atoms with Gasteiger partial charge >= 0.3 is 0 Å². The monoisotopic (exact) mass is 262 g/mol. The summed E-state index contributed by atoms with van der Waals surface area (Å²) in [5.74, 6) is 0.0615. The van der Waals surface area contributed by atoms with Crippen LogP contribution in [0.4, 0.5) is 5.69 Å². The number of benzene rings is 1. The number of likely N-dealkylation sites (N-methyl/N-ethyl adjacent to an activating group) is 1. The Morgan fingerprint density at radius 1 is 1.53 bits per heavy atom. The molecule has 0 saturated carbocycles. The second-order valence-corrected chi connectivity index (χ2v) is 5.01. The Labute approximate surface area is 114 Å². The van der Waals surface area contributed by atoms with E-state index in [1.807, 2.05) is 39.1 Å². The maximum absolute atomic E-state index is 12.6. The number of ether oxygens (including phenoxy) is 1. The summed E-state index contributed by atoms with van der Waals surface area (Å²) >= 11 is 0. The highest BCUT2D eigenvalue weighted by Gasteiger charge is 2.26. The number of hydrogen-bond donors (Lipinski definition) is 1. The van der Waals surface area contributed by atoms with Crippen LogP contribution in [-0.4, -0.2) is 43.7 Å². The number of nitrogens with one attached hydrogen (secondary N) is 1. The molecular formula is C15H22N2O2. The second kappa shape index (κ2) is 6.06. The third-order valence-electron chi connectivity index (χ3n) is 3.55. The van der Waals surface area contributed by atoms with Crippen molar-refractivity contribution >= 4 is 11.6 Å². The first-order chi connectivity index (χ1) is 9.13. The average Bonchev–Trinajstić information content (AvgIpc) is 2.91. The van der Waals surface area contributed by atoms with Crippen LogP contribution in [-0.2, 0) is 4.74 Å². The number of aryl methyl sites for hydroxylation is 1. The van der Waals surface area contributed by atoms with Gasteiger partial charge in [-0.25, -0.2) is 0 Å². The molecule has 1 aromatic rings. The zero-order valence-corrected chi connectivity index (χ0v) is 11.9. The number of amides is 1. The minimum absolute atomic E-state index is 0.0615. The SMILES string of the molecule is CCNc1cc(C)ccc1C(=O)N(C)C1CCOC1. The van der Waals surface area contributed by atoms with Crippen LogP contribution in [0.5, 0.6) is 0 Å². The van der Waals surface area contributed by atoms with E-state index < -0.39 is 0 Å². The van der Waals surface area contributed by atoms with Gasteiger partial charge < -0.3 is 15.0 Å². The standard InChI is InChI=1S/C15H22N2O2/c1-4-16-14-9-11(2)5-6-13(14)15(18)17(3)12-7-8-19-10-12/h5-6,9,12,16H,4,7-8,10H2,1-3H3. The molecule has 4 heteroatoms. The molecule has 2 rings (SSSR count). The van der Waals surface area contributed by atoms with Crippen molar-refractivity contribution in [2.75, 3.05) is 32.1 Å². The van der Waals surface area contributed by atoms with Gasteiger partial charge in [0.2, 0.25) is 0 Å². The van der Waals surface area contributed by atoms with E-state index in [0.29, 0.717) is 6.61 Å². The summed E-state index contributed by atoms with van der Waals surface area (Å²) in [7, 11) is 1.86. The molecule has 1 aliphatic rings. The molecule has 1 N–H and O–H groups in total. The normalized spacial score (nSPS) is 18.4. The van der Waals surface area contributed by atoms with E-state index >= 15 is 0 Å². The third-order valence-corrected chi connectivity index (χ3v) is 3.55. The van der Waals surface area contributed by atoms with Gasteiger partial charge in [-0.2, -0.15) is 0 Å². The lowest BCUT2D eigenvalue weighted by atomic mass is 10.1. The summed E-state index contributed by atoms with van der Waals surface area (Å²) < 4.78 is 5.35. The second-order valence-electron chi connectivity index (χ2n) is 5.01. The molecule has 1 amide bonds. The molecular weight excluding hydrogens is 240 g/mol. The quantitative estimate of drug-likeness (QED) is 0.905. The van der Waals surface area contributed by atoms with Crippen molar-refractivity contribution in [1.29, 1.82) is 0 Å². The van der Waals surface area contributed by atoms with Crippen molar-refractivity contribution in [1.82, 2.24) is 4.90 Å². The van der Waals surface area contributed by atoms with Crippen molar-refractivity contribution in [2.45, 2.75) is 26.3 Å². The Balaban J connectivity index is 2.22. The lowest BCUT2D eigenvalue weighted by Gasteiger charge is -2.24. The first-order valence-corrected chi connectivity index (χ1v) is 6.83. The summed E-state index contributed by atoms with van der Waals surface area (Å²) in [6.45, 7) is 6.26. The van der Waals surface area contributed by atoms with E-state index in [1.165, 1.54) is 0 Å². The molecule has 1 unspecified atom stereocenters. The molecule has 0 bridgehead atoms. The Kier molecular flexibility index (Phi) is 4.43. The summed E-state index contributed by atoms with van der Waals surface area (Å²) in [5.41, 5.74) is 2.81. The number of rotatable bonds is 4. The number of carbonyl (C=O) groups is 1. The van der Waals surface area contributed by atoms with Gasteiger partial charge in [0.1, 0.15) is 0 Å². The van der Waals surface area contributed by atoms with E-state index in [9.17, 15) is 4.79 Å². The molecule has 4 nitrogen and oxygen atoms in total. The van der Waals surface area contributed by atoms with Crippen LogP contribution in [0.1, 0.15) is 29.3 Å². The van der Waals surface area contributed by atoms with E-state index in [-0.39, 0.29) is 11.9 Å². The fourth-order valence-corrected chi connectivity index (χ4v) is 2.36. The van der Waals surface area contributed by atoms with Crippen LogP contribution < -0.4 is 5.32 Å². The number of carbonyl (C=O) groups excluding carboxylic acids is 1. The molecule has 0 aromatic heterocycles. The van der Waals surface area contributed by atoms with E-state index in [0.717, 1.165) is 36.4 Å². The Hall–Kier alpha value is -1.55. The highest BCUT2D eigenvalue weighted by molar-refractivity contribution is 5.99. The van der Waals surface area contributed by atoms with Gasteiger partial charge in [0.15, 0.2) is 0 Å². The highest BCUT2D eigenvalue weighted by atomic mass is 16.5. The first kappa shape index (κ1) is 13.9. The van der Waals surface area contributed by atoms with Gasteiger partial charge in [0.05, 0.1) is 18.2 Å². The molecule has 1 saturated heterocycles. The van der Waals surface area contributed by atoms with Gasteiger partial charge in [-0.05, 0) is 38.0 Å². The van der Waals surface area contributed by atoms with E-state index in [4.69, 9.17) is 4.74 Å². The summed E-state index contributed by atoms with van der Waals surface area (Å²) in [4.78, 5) is 14.4. The average molecular weight is 262 g/mol. The highest BCUT2D eigenvalue weighted by Crippen LogP contribution is 2.21. The molecule has 19 heavy (non-hydrogen) atoms. The van der Waals surface area contributed by atoms with Crippen molar-refractivity contribution in [2.24, 2.45) is 0 Å². The largest absolute Gasteiger partial charge is 0.385 e. The van der Waals surface area contributed by atoms with Crippen molar-refractivity contribution < 1.29 is 9.53 Å². The molecule has 1 aliphatic heterocycles. The van der Waals surface area contributed by atoms with Gasteiger partial charge in [0.25, 0.3) is 5.91 Å². The van der Waals surface area contributed by atoms with Crippen molar-refractivity contribution in [3.63, 3.8) is 0 Å². The summed E-state index contributed by atoms with van der Waals surface area (Å²) in [6.07, 6.45) is 0.921. The fraction of sp³-hybridized carbons (Fsp3) is 0.533. The van der Waals surface area contributed by atoms with Crippen molar-refractivity contribution in [3.05, 3.63) is 29.3 Å². The summed E-state index contributed by atoms with van der Waals surface area (Å²) in [5, 5.41) is 3.26. The fourth-order valence-electron chi connectivity index (χ4n) is 2.36. The molecule has 1 heterocycles. The van der Waals surface area contributed by atoms with Gasteiger partial charge in [0, 0.05) is 25.9 Å². The topological polar surface area (TPSA) is 41.6 Å². The molecule has 0 radical (unpaired) electrons. The van der Waals surface area contributed by atoms with Gasteiger partial charge in [-0.15, -0.1) is 0 Å². The Morgan fingerprint density at radius 3 is 2.95 bits per heavy atom. The van der Waals surface area contributed by atoms with Gasteiger partial charge in [-0.1, -0.05) is 6.07 Å². The minimum atomic E-state index is 0.0615. The predicted octanol–water partition coefficient (Wildman–Crippen LogP) is 2.29. The smallest absolute Gasteiger partial charge is 0.256 e. The third kappa shape index (κ3) is 3.07. The van der Waals surface area contributed by atoms with Gasteiger partial charge in [-0.3, -0.25) is 4.79 Å². The molecule has 1 aromatic carbocycles. The van der Waals surface area contributed by atoms with Crippen LogP contribution in [0.15, 0.2) is 18.2 Å². The molecule has 1 fully saturated rings. The summed E-state index contributed by atoms with van der Waals surface area (Å²) in [6, 6.07) is 6.10. The van der Waals surface area contributed by atoms with E-state index in [2.05, 4.69) is 5.32 Å². The van der Waals surface area contributed by atoms with Crippen LogP contribution >= 0.6 is 0 Å². The number of nitrogens with zero attached hydrogens (tertiary/aromatic N) is 1. The van der Waals surface area contributed by atoms with Crippen LogP contribution in [0, 0.1) is 6.92 Å². The molecule has 0 spiro atoms. The lowest BCUT2D eigenvalue weighted by Crippen LogP contribution is -2.37. The molecule has 104 valence electrons. The minimum Gasteiger partial charge on any atom is -0.385 e. The van der Waals surface area contributed by atoms with Crippen LogP contribution in [0.25, 0.3) is 0 Å². The lowest BCUT2D eigenvalue weighted by molar-refractivity contribution is 0.0712. The van der Waals surface area contributed by atoms with Crippen LogP contribution in [0.2, 0.25) is 0 Å². The molecule has 1 atom stereocenters. The predicted molar refractivity (Wildman–Crippen MR) is 76.7 cm³/mol. The zero-order valence-electron chi connectivity index (χ0n) is 11.9. The number of anilines is 1. The Bertz CT molecular complexity index is 453. The van der Waals surface area contributed by atoms with Crippen LogP contribution in [0.3, 0.4) is 0 Å². The first-order valence-electron chi connectivity index (χ1n) is 6.83. The maximum Gasteiger partial charge on any atom is 0.256 e. The number of hydrogen-bond acceptors (Lipinski definition) is 3. The maximum atomic E-state index is 12.6. The van der Waals surface area contributed by atoms with E-state index in [1.54, 1.807) is 4.90 Å². The van der Waals surface area contributed by atoms with Crippen molar-refractivity contribution in [3.8, 4) is 0 Å². The Morgan fingerprint density at radius 2 is 2.32 bits per heavy atom.